The van der Waals surface area contributed by atoms with Gasteiger partial charge < -0.3 is 9.84 Å². The molecule has 0 atom stereocenters. The summed E-state index contributed by atoms with van der Waals surface area (Å²) in [5, 5.41) is 14.2. The average molecular weight is 475 g/mol. The summed E-state index contributed by atoms with van der Waals surface area (Å²) >= 11 is 4.46. The predicted octanol–water partition coefficient (Wildman–Crippen LogP) is 6.41. The molecule has 1 aliphatic rings. The predicted molar refractivity (Wildman–Crippen MR) is 130 cm³/mol. The van der Waals surface area contributed by atoms with Gasteiger partial charge in [-0.25, -0.2) is 14.2 Å². The largest absolute Gasteiger partial charge is 0.496 e. The number of thiol groups is 1. The molecule has 4 rings (SSSR count). The summed E-state index contributed by atoms with van der Waals surface area (Å²) in [6.45, 7) is 2.33. The smallest absolute Gasteiger partial charge is 0.338 e. The van der Waals surface area contributed by atoms with Crippen molar-refractivity contribution in [3.05, 3.63) is 59.5 Å². The molecule has 0 aliphatic heterocycles. The molecule has 1 fully saturated rings. The van der Waals surface area contributed by atoms with Crippen LogP contribution in [0, 0.1) is 11.7 Å². The topological polar surface area (TPSA) is 85.4 Å². The van der Waals surface area contributed by atoms with Crippen LogP contribution in [0.3, 0.4) is 0 Å². The first-order valence-corrected chi connectivity index (χ1v) is 11.7. The maximum Gasteiger partial charge on any atom is 0.338 e. The van der Waals surface area contributed by atoms with Crippen molar-refractivity contribution in [2.45, 2.75) is 38.5 Å². The van der Waals surface area contributed by atoms with Gasteiger partial charge in [-0.2, -0.15) is 0 Å². The molecule has 32 heavy (non-hydrogen) atoms. The minimum Gasteiger partial charge on any atom is -0.496 e. The van der Waals surface area contributed by atoms with E-state index in [0.717, 1.165) is 21.4 Å². The van der Waals surface area contributed by atoms with Crippen LogP contribution >= 0.6 is 24.2 Å². The Kier molecular flexibility index (Phi) is 8.28. The summed E-state index contributed by atoms with van der Waals surface area (Å²) in [4.78, 5) is 16.4. The third kappa shape index (κ3) is 5.31. The number of methoxy groups -OCH3 is 1. The highest BCUT2D eigenvalue weighted by Crippen LogP contribution is 2.40. The molecule has 1 saturated carbocycles. The van der Waals surface area contributed by atoms with Crippen molar-refractivity contribution in [1.29, 1.82) is 0 Å². The number of aromatic carboxylic acids is 1. The van der Waals surface area contributed by atoms with Gasteiger partial charge in [-0.05, 0) is 42.4 Å². The van der Waals surface area contributed by atoms with E-state index >= 15 is 0 Å². The standard InChI is InChI=1S/C24H24FNO3S.H3NS/c1-14-3-5-15(6-4-14)16-7-9-17(10-8-16)23-26-13-22(30-23)19-11-20(25)18(24(27)28)12-21(19)29-2;1-2/h7-15H,3-6H2,1-2H3,(H,27,28);2H,1H2. The van der Waals surface area contributed by atoms with Gasteiger partial charge in [0.05, 0.1) is 17.6 Å². The Hall–Kier alpha value is -2.42. The maximum absolute atomic E-state index is 14.2. The lowest BCUT2D eigenvalue weighted by atomic mass is 9.79. The molecule has 0 bridgehead atoms. The molecule has 5 nitrogen and oxygen atoms in total. The molecule has 0 radical (unpaired) electrons. The fraction of sp³-hybridized carbons (Fsp3) is 0.333. The second kappa shape index (κ2) is 10.9. The maximum atomic E-state index is 14.2. The van der Waals surface area contributed by atoms with E-state index < -0.39 is 17.3 Å². The Morgan fingerprint density at radius 3 is 2.44 bits per heavy atom. The second-order valence-corrected chi connectivity index (χ2v) is 8.98. The summed E-state index contributed by atoms with van der Waals surface area (Å²) in [7, 11) is 1.44. The van der Waals surface area contributed by atoms with Crippen molar-refractivity contribution in [2.75, 3.05) is 7.11 Å². The number of carbonyl (C=O) groups is 1. The number of benzene rings is 2. The van der Waals surface area contributed by atoms with E-state index in [-0.39, 0.29) is 0 Å². The number of halogens is 1. The molecule has 0 amide bonds. The molecule has 0 unspecified atom stereocenters. The zero-order chi connectivity index (χ0) is 23.3. The van der Waals surface area contributed by atoms with E-state index in [1.165, 1.54) is 61.8 Å². The molecule has 0 spiro atoms. The molecule has 1 aliphatic carbocycles. The lowest BCUT2D eigenvalue weighted by Gasteiger charge is -2.26. The van der Waals surface area contributed by atoms with Crippen LogP contribution in [0.1, 0.15) is 54.4 Å². The van der Waals surface area contributed by atoms with Crippen LogP contribution in [-0.2, 0) is 0 Å². The van der Waals surface area contributed by atoms with Gasteiger partial charge in [-0.1, -0.05) is 44.0 Å². The first-order chi connectivity index (χ1) is 15.5. The first kappa shape index (κ1) is 24.2. The summed E-state index contributed by atoms with van der Waals surface area (Å²) in [5.41, 5.74) is 2.49. The van der Waals surface area contributed by atoms with Crippen molar-refractivity contribution in [2.24, 2.45) is 11.1 Å². The second-order valence-electron chi connectivity index (χ2n) is 7.95. The minimum absolute atomic E-state index is 0.311. The van der Waals surface area contributed by atoms with Crippen LogP contribution in [0.15, 0.2) is 42.6 Å². The molecule has 170 valence electrons. The number of ether oxygens (including phenoxy) is 1. The molecular weight excluding hydrogens is 447 g/mol. The summed E-state index contributed by atoms with van der Waals surface area (Å²) in [5.74, 6) is -0.331. The first-order valence-electron chi connectivity index (χ1n) is 10.4. The molecule has 3 N–H and O–H groups in total. The quantitative estimate of drug-likeness (QED) is 0.372. The fourth-order valence-corrected chi connectivity index (χ4v) is 5.04. The van der Waals surface area contributed by atoms with E-state index in [2.05, 4.69) is 54.1 Å². The number of carboxylic acid groups (broad SMARTS) is 1. The zero-order valence-corrected chi connectivity index (χ0v) is 19.8. The van der Waals surface area contributed by atoms with Crippen LogP contribution in [-0.4, -0.2) is 23.2 Å². The van der Waals surface area contributed by atoms with E-state index in [9.17, 15) is 9.18 Å². The molecule has 3 aromatic rings. The Balaban J connectivity index is 0.00000141. The van der Waals surface area contributed by atoms with Gasteiger partial charge in [0, 0.05) is 17.3 Å². The number of aromatic nitrogens is 1. The van der Waals surface area contributed by atoms with Gasteiger partial charge in [0.15, 0.2) is 0 Å². The van der Waals surface area contributed by atoms with E-state index in [4.69, 9.17) is 9.84 Å². The molecule has 2 aromatic carbocycles. The summed E-state index contributed by atoms with van der Waals surface area (Å²) < 4.78 is 19.5. The van der Waals surface area contributed by atoms with Crippen molar-refractivity contribution >= 4 is 30.1 Å². The minimum atomic E-state index is -1.32. The molecular formula is C24H27FN2O3S2. The van der Waals surface area contributed by atoms with Gasteiger partial charge >= 0.3 is 5.97 Å². The van der Waals surface area contributed by atoms with Gasteiger partial charge in [-0.3, -0.25) is 5.14 Å². The number of nitrogens with two attached hydrogens (primary N) is 1. The molecule has 8 heteroatoms. The van der Waals surface area contributed by atoms with Gasteiger partial charge in [-0.15, -0.1) is 24.2 Å². The van der Waals surface area contributed by atoms with Gasteiger partial charge in [0.2, 0.25) is 0 Å². The van der Waals surface area contributed by atoms with Crippen LogP contribution < -0.4 is 9.88 Å². The number of thiazole rings is 1. The summed E-state index contributed by atoms with van der Waals surface area (Å²) in [6, 6.07) is 11.0. The Labute approximate surface area is 197 Å². The monoisotopic (exact) mass is 474 g/mol. The number of hydrogen-bond donors (Lipinski definition) is 3. The molecule has 0 saturated heterocycles. The average Bonchev–Trinajstić information content (AvgIpc) is 3.31. The van der Waals surface area contributed by atoms with Crippen molar-refractivity contribution < 1.29 is 19.0 Å². The number of carboxylic acids is 1. The SMILES string of the molecule is COc1cc(C(=O)O)c(F)cc1-c1cnc(-c2ccc(C3CCC(C)CC3)cc2)s1.NS. The molecule has 1 heterocycles. The van der Waals surface area contributed by atoms with Crippen LogP contribution in [0.4, 0.5) is 4.39 Å². The third-order valence-corrected chi connectivity index (χ3v) is 7.02. The highest BCUT2D eigenvalue weighted by molar-refractivity contribution is 7.77. The van der Waals surface area contributed by atoms with E-state index in [0.29, 0.717) is 17.2 Å². The fourth-order valence-electron chi connectivity index (χ4n) is 4.10. The van der Waals surface area contributed by atoms with E-state index in [1.807, 2.05) is 0 Å². The molecule has 1 aromatic heterocycles. The van der Waals surface area contributed by atoms with Crippen molar-refractivity contribution in [3.8, 4) is 26.8 Å². The summed E-state index contributed by atoms with van der Waals surface area (Å²) in [6.07, 6.45) is 6.76. The Morgan fingerprint density at radius 1 is 1.19 bits per heavy atom. The van der Waals surface area contributed by atoms with Crippen molar-refractivity contribution in [1.82, 2.24) is 4.98 Å². The van der Waals surface area contributed by atoms with Crippen LogP contribution in [0.25, 0.3) is 21.0 Å². The number of hydrogen-bond acceptors (Lipinski definition) is 6. The Morgan fingerprint density at radius 2 is 1.84 bits per heavy atom. The number of nitrogens with zero attached hydrogens (tertiary/aromatic N) is 1. The van der Waals surface area contributed by atoms with E-state index in [1.54, 1.807) is 6.20 Å². The van der Waals surface area contributed by atoms with Crippen LogP contribution in [0.5, 0.6) is 5.75 Å². The van der Waals surface area contributed by atoms with Gasteiger partial charge in [0.25, 0.3) is 0 Å². The number of rotatable bonds is 5. The van der Waals surface area contributed by atoms with Gasteiger partial charge in [0.1, 0.15) is 16.6 Å². The highest BCUT2D eigenvalue weighted by atomic mass is 32.1. The third-order valence-electron chi connectivity index (χ3n) is 5.94. The zero-order valence-electron chi connectivity index (χ0n) is 18.0. The van der Waals surface area contributed by atoms with Crippen LogP contribution in [0.2, 0.25) is 0 Å². The lowest BCUT2D eigenvalue weighted by molar-refractivity contribution is 0.0691. The highest BCUT2D eigenvalue weighted by Gasteiger charge is 2.21. The lowest BCUT2D eigenvalue weighted by Crippen LogP contribution is -2.10. The normalized spacial score (nSPS) is 17.9. The Bertz CT molecular complexity index is 1060. The van der Waals surface area contributed by atoms with Crippen molar-refractivity contribution in [3.63, 3.8) is 0 Å².